The number of fused-ring (bicyclic) bond motifs is 14. The van der Waals surface area contributed by atoms with Crippen LogP contribution >= 0.6 is 0 Å². The number of para-hydroxylation sites is 3. The van der Waals surface area contributed by atoms with Gasteiger partial charge in [0.25, 0.3) is 0 Å². The summed E-state index contributed by atoms with van der Waals surface area (Å²) in [6.45, 7) is 0. The molecule has 0 saturated heterocycles. The minimum absolute atomic E-state index is 0.525. The lowest BCUT2D eigenvalue weighted by Gasteiger charge is -2.39. The van der Waals surface area contributed by atoms with Gasteiger partial charge in [-0.05, 0) is 57.6 Å². The Morgan fingerprint density at radius 2 is 1.34 bits per heavy atom. The maximum atomic E-state index is 9.91. The molecule has 7 aromatic rings. The molecule has 0 amide bonds. The lowest BCUT2D eigenvalue weighted by molar-refractivity contribution is 0.748. The molecular weight excluding hydrogens is 462 g/mol. The summed E-state index contributed by atoms with van der Waals surface area (Å²) in [5, 5.41) is 13.4. The molecule has 0 saturated carbocycles. The molecule has 38 heavy (non-hydrogen) atoms. The van der Waals surface area contributed by atoms with E-state index in [-0.39, 0.29) is 0 Å². The van der Waals surface area contributed by atoms with Gasteiger partial charge in [0.15, 0.2) is 0 Å². The molecule has 3 nitrogen and oxygen atoms in total. The highest BCUT2D eigenvalue weighted by atomic mass is 15.0. The summed E-state index contributed by atoms with van der Waals surface area (Å²) in [4.78, 5) is 4.85. The zero-order valence-electron chi connectivity index (χ0n) is 20.3. The summed E-state index contributed by atoms with van der Waals surface area (Å²) in [7, 11) is 0. The fourth-order valence-electron chi connectivity index (χ4n) is 7.28. The first-order chi connectivity index (χ1) is 18.8. The summed E-state index contributed by atoms with van der Waals surface area (Å²) < 4.78 is 2.46. The molecule has 174 valence electrons. The lowest BCUT2D eigenvalue weighted by Crippen LogP contribution is -2.33. The van der Waals surface area contributed by atoms with Gasteiger partial charge in [-0.1, -0.05) is 84.9 Å². The maximum Gasteiger partial charge on any atom is 0.0991 e. The van der Waals surface area contributed by atoms with Crippen molar-refractivity contribution in [1.29, 1.82) is 5.26 Å². The van der Waals surface area contributed by atoms with Crippen molar-refractivity contribution in [1.82, 2.24) is 9.55 Å². The van der Waals surface area contributed by atoms with Gasteiger partial charge in [0.05, 0.1) is 39.3 Å². The van der Waals surface area contributed by atoms with E-state index in [1.807, 2.05) is 18.3 Å². The molecule has 9 rings (SSSR count). The molecule has 3 heteroatoms. The van der Waals surface area contributed by atoms with E-state index >= 15 is 0 Å². The van der Waals surface area contributed by atoms with Gasteiger partial charge >= 0.3 is 0 Å². The van der Waals surface area contributed by atoms with E-state index in [4.69, 9.17) is 4.98 Å². The summed E-state index contributed by atoms with van der Waals surface area (Å²) in [6.07, 6.45) is 2.03. The van der Waals surface area contributed by atoms with E-state index in [2.05, 4.69) is 108 Å². The van der Waals surface area contributed by atoms with Crippen molar-refractivity contribution in [2.45, 2.75) is 5.41 Å². The molecule has 1 spiro atoms. The summed E-state index contributed by atoms with van der Waals surface area (Å²) in [6, 6.07) is 41.2. The van der Waals surface area contributed by atoms with Crippen molar-refractivity contribution in [3.05, 3.63) is 143 Å². The van der Waals surface area contributed by atoms with Crippen molar-refractivity contribution >= 4 is 32.7 Å². The molecule has 2 aliphatic rings. The minimum Gasteiger partial charge on any atom is -0.308 e. The highest BCUT2D eigenvalue weighted by Crippen LogP contribution is 2.61. The average molecular weight is 482 g/mol. The van der Waals surface area contributed by atoms with Crippen LogP contribution in [-0.4, -0.2) is 9.55 Å². The molecular formula is C35H19N3. The van der Waals surface area contributed by atoms with Crippen LogP contribution in [0.15, 0.2) is 115 Å². The van der Waals surface area contributed by atoms with Gasteiger partial charge in [-0.3, -0.25) is 4.98 Å². The molecule has 0 bridgehead atoms. The van der Waals surface area contributed by atoms with Crippen molar-refractivity contribution in [3.63, 3.8) is 0 Å². The number of benzene rings is 5. The third-order valence-corrected chi connectivity index (χ3v) is 8.65. The van der Waals surface area contributed by atoms with Crippen LogP contribution < -0.4 is 0 Å². The largest absolute Gasteiger partial charge is 0.308 e. The van der Waals surface area contributed by atoms with Crippen molar-refractivity contribution < 1.29 is 0 Å². The SMILES string of the molecule is N#Cc1ccc2c(c1)C1(c3ccccc3-2)c2ccccc2-n2c3c1cccc3c1cnc3ccccc3c12. The number of hydrogen-bond donors (Lipinski definition) is 0. The first-order valence-corrected chi connectivity index (χ1v) is 12.9. The first-order valence-electron chi connectivity index (χ1n) is 12.9. The fraction of sp³-hybridized carbons (Fsp3) is 0.0286. The van der Waals surface area contributed by atoms with E-state index in [0.717, 1.165) is 16.3 Å². The van der Waals surface area contributed by atoms with Crippen LogP contribution in [-0.2, 0) is 5.41 Å². The monoisotopic (exact) mass is 481 g/mol. The third kappa shape index (κ3) is 2.11. The van der Waals surface area contributed by atoms with E-state index in [1.54, 1.807) is 0 Å². The third-order valence-electron chi connectivity index (χ3n) is 8.65. The second-order valence-electron chi connectivity index (χ2n) is 10.3. The zero-order chi connectivity index (χ0) is 25.0. The molecule has 2 aromatic heterocycles. The number of aromatic nitrogens is 2. The van der Waals surface area contributed by atoms with E-state index < -0.39 is 5.41 Å². The van der Waals surface area contributed by atoms with Crippen LogP contribution in [0.3, 0.4) is 0 Å². The summed E-state index contributed by atoms with van der Waals surface area (Å²) in [5.74, 6) is 0. The second-order valence-corrected chi connectivity index (χ2v) is 10.3. The van der Waals surface area contributed by atoms with E-state index in [1.165, 1.54) is 55.5 Å². The number of rotatable bonds is 0. The highest BCUT2D eigenvalue weighted by Gasteiger charge is 2.50. The van der Waals surface area contributed by atoms with Gasteiger partial charge in [0.2, 0.25) is 0 Å². The Morgan fingerprint density at radius 1 is 0.605 bits per heavy atom. The van der Waals surface area contributed by atoms with Gasteiger partial charge in [-0.25, -0.2) is 0 Å². The van der Waals surface area contributed by atoms with Crippen LogP contribution in [0.4, 0.5) is 0 Å². The van der Waals surface area contributed by atoms with Gasteiger partial charge in [0.1, 0.15) is 0 Å². The Kier molecular flexibility index (Phi) is 3.54. The standard InChI is InChI=1S/C35H19N3/c36-19-21-16-17-23-22-8-1-3-11-27(22)35(30(23)18-21)28-12-4-6-15-32(28)38-33-25-9-2-5-14-31(25)37-20-26(33)24-10-7-13-29(35)34(24)38/h1-18,20H. The topological polar surface area (TPSA) is 41.6 Å². The Morgan fingerprint density at radius 3 is 2.26 bits per heavy atom. The number of pyridine rings is 1. The smallest absolute Gasteiger partial charge is 0.0991 e. The Labute approximate surface area is 218 Å². The lowest BCUT2D eigenvalue weighted by atomic mass is 9.65. The number of nitriles is 1. The van der Waals surface area contributed by atoms with Gasteiger partial charge in [0, 0.05) is 22.4 Å². The van der Waals surface area contributed by atoms with Crippen molar-refractivity contribution in [2.75, 3.05) is 0 Å². The molecule has 1 unspecified atom stereocenters. The molecule has 0 radical (unpaired) electrons. The van der Waals surface area contributed by atoms with Crippen LogP contribution in [0.5, 0.6) is 0 Å². The predicted molar refractivity (Wildman–Crippen MR) is 152 cm³/mol. The molecule has 1 atom stereocenters. The van der Waals surface area contributed by atoms with Crippen molar-refractivity contribution in [3.8, 4) is 22.9 Å². The second kappa shape index (κ2) is 6.76. The zero-order valence-corrected chi connectivity index (χ0v) is 20.3. The van der Waals surface area contributed by atoms with Crippen LogP contribution in [0.2, 0.25) is 0 Å². The van der Waals surface area contributed by atoms with Crippen LogP contribution in [0.25, 0.3) is 49.5 Å². The maximum absolute atomic E-state index is 9.91. The Hall–Kier alpha value is -5.20. The van der Waals surface area contributed by atoms with Gasteiger partial charge in [-0.15, -0.1) is 0 Å². The first kappa shape index (κ1) is 19.9. The minimum atomic E-state index is -0.525. The molecule has 0 N–H and O–H groups in total. The normalized spacial score (nSPS) is 16.5. The molecule has 0 fully saturated rings. The average Bonchev–Trinajstić information content (AvgIpc) is 3.48. The Balaban J connectivity index is 1.59. The molecule has 1 aliphatic heterocycles. The van der Waals surface area contributed by atoms with Gasteiger partial charge in [-0.2, -0.15) is 5.26 Å². The van der Waals surface area contributed by atoms with Gasteiger partial charge < -0.3 is 4.57 Å². The molecule has 3 heterocycles. The van der Waals surface area contributed by atoms with E-state index in [0.29, 0.717) is 5.56 Å². The van der Waals surface area contributed by atoms with Crippen LogP contribution in [0.1, 0.15) is 27.8 Å². The van der Waals surface area contributed by atoms with Crippen LogP contribution in [0, 0.1) is 11.3 Å². The number of nitrogens with zero attached hydrogens (tertiary/aromatic N) is 3. The highest BCUT2D eigenvalue weighted by molar-refractivity contribution is 6.19. The Bertz CT molecular complexity index is 2210. The molecule has 5 aromatic carbocycles. The number of hydrogen-bond acceptors (Lipinski definition) is 2. The summed E-state index contributed by atoms with van der Waals surface area (Å²) >= 11 is 0. The van der Waals surface area contributed by atoms with E-state index in [9.17, 15) is 5.26 Å². The summed E-state index contributed by atoms with van der Waals surface area (Å²) in [5.41, 5.74) is 12.1. The van der Waals surface area contributed by atoms with Crippen molar-refractivity contribution in [2.24, 2.45) is 0 Å². The quantitative estimate of drug-likeness (QED) is 0.221. The fourth-order valence-corrected chi connectivity index (χ4v) is 7.28. The predicted octanol–water partition coefficient (Wildman–Crippen LogP) is 7.88. The molecule has 1 aliphatic carbocycles.